The molecular formula is C21H22Cl2N4O2S. The third kappa shape index (κ3) is 5.47. The number of anilines is 1. The molecule has 158 valence electrons. The highest BCUT2D eigenvalue weighted by Crippen LogP contribution is 2.26. The van der Waals surface area contributed by atoms with Gasteiger partial charge in [-0.1, -0.05) is 53.2 Å². The number of hydrogen-bond acceptors (Lipinski definition) is 5. The van der Waals surface area contributed by atoms with Crippen molar-refractivity contribution in [3.05, 3.63) is 63.4 Å². The molecule has 30 heavy (non-hydrogen) atoms. The van der Waals surface area contributed by atoms with Crippen LogP contribution in [0.5, 0.6) is 5.75 Å². The van der Waals surface area contributed by atoms with Gasteiger partial charge in [-0.05, 0) is 50.1 Å². The Labute approximate surface area is 189 Å². The molecule has 0 unspecified atom stereocenters. The molecule has 6 nitrogen and oxygen atoms in total. The number of halogens is 2. The van der Waals surface area contributed by atoms with E-state index in [2.05, 4.69) is 15.5 Å². The van der Waals surface area contributed by atoms with Gasteiger partial charge in [0.1, 0.15) is 12.4 Å². The van der Waals surface area contributed by atoms with Gasteiger partial charge in [0.25, 0.3) is 0 Å². The maximum atomic E-state index is 12.3. The molecule has 0 spiro atoms. The molecule has 0 atom stereocenters. The summed E-state index contributed by atoms with van der Waals surface area (Å²) in [6.45, 7) is 7.02. The Morgan fingerprint density at radius 1 is 1.13 bits per heavy atom. The van der Waals surface area contributed by atoms with Crippen LogP contribution in [0.3, 0.4) is 0 Å². The molecule has 0 bridgehead atoms. The molecule has 1 heterocycles. The Hall–Kier alpha value is -2.22. The topological polar surface area (TPSA) is 69.0 Å². The van der Waals surface area contributed by atoms with Gasteiger partial charge in [0.15, 0.2) is 11.0 Å². The number of rotatable bonds is 8. The molecule has 0 fully saturated rings. The lowest BCUT2D eigenvalue weighted by Crippen LogP contribution is -2.15. The van der Waals surface area contributed by atoms with Crippen LogP contribution in [0, 0.1) is 13.8 Å². The summed E-state index contributed by atoms with van der Waals surface area (Å²) in [4.78, 5) is 12.3. The number of nitrogens with one attached hydrogen (secondary N) is 1. The summed E-state index contributed by atoms with van der Waals surface area (Å²) in [5, 5.41) is 12.8. The zero-order valence-corrected chi connectivity index (χ0v) is 19.2. The average Bonchev–Trinajstić information content (AvgIpc) is 3.10. The molecule has 9 heteroatoms. The average molecular weight is 465 g/mol. The summed E-state index contributed by atoms with van der Waals surface area (Å²) in [5.41, 5.74) is 2.74. The van der Waals surface area contributed by atoms with E-state index in [1.165, 1.54) is 11.8 Å². The van der Waals surface area contributed by atoms with E-state index < -0.39 is 0 Å². The number of carbonyl (C=O) groups excluding carboxylic acids is 1. The van der Waals surface area contributed by atoms with Crippen molar-refractivity contribution in [2.45, 2.75) is 39.1 Å². The van der Waals surface area contributed by atoms with E-state index >= 15 is 0 Å². The second-order valence-corrected chi connectivity index (χ2v) is 8.38. The van der Waals surface area contributed by atoms with Gasteiger partial charge in [0.05, 0.1) is 15.8 Å². The summed E-state index contributed by atoms with van der Waals surface area (Å²) in [5.74, 6) is 1.60. The maximum absolute atomic E-state index is 12.3. The van der Waals surface area contributed by atoms with E-state index in [-0.39, 0.29) is 11.7 Å². The highest BCUT2D eigenvalue weighted by Gasteiger charge is 2.15. The van der Waals surface area contributed by atoms with Crippen molar-refractivity contribution in [3.63, 3.8) is 0 Å². The molecule has 2 aromatic carbocycles. The first-order valence-corrected chi connectivity index (χ1v) is 11.1. The molecule has 0 aliphatic carbocycles. The molecule has 3 rings (SSSR count). The zero-order chi connectivity index (χ0) is 21.7. The Bertz CT molecular complexity index is 1040. The van der Waals surface area contributed by atoms with Crippen molar-refractivity contribution in [2.75, 3.05) is 11.1 Å². The third-order valence-electron chi connectivity index (χ3n) is 4.40. The first-order valence-electron chi connectivity index (χ1n) is 9.37. The number of aryl methyl sites for hydroxylation is 2. The molecule has 0 aliphatic rings. The first-order chi connectivity index (χ1) is 14.4. The van der Waals surface area contributed by atoms with Crippen LogP contribution in [0.25, 0.3) is 0 Å². The predicted molar refractivity (Wildman–Crippen MR) is 122 cm³/mol. The number of para-hydroxylation sites is 1. The van der Waals surface area contributed by atoms with Gasteiger partial charge in [-0.3, -0.25) is 4.79 Å². The van der Waals surface area contributed by atoms with Crippen molar-refractivity contribution in [1.29, 1.82) is 0 Å². The number of aromatic nitrogens is 3. The van der Waals surface area contributed by atoms with E-state index in [9.17, 15) is 4.79 Å². The number of thioether (sulfide) groups is 1. The Balaban J connectivity index is 1.61. The van der Waals surface area contributed by atoms with Crippen LogP contribution >= 0.6 is 35.0 Å². The first kappa shape index (κ1) is 22.5. The molecule has 1 aromatic heterocycles. The van der Waals surface area contributed by atoms with Gasteiger partial charge in [-0.25, -0.2) is 0 Å². The second-order valence-electron chi connectivity index (χ2n) is 6.62. The van der Waals surface area contributed by atoms with E-state index in [4.69, 9.17) is 27.9 Å². The largest absolute Gasteiger partial charge is 0.485 e. The standard InChI is InChI=1S/C21H22Cl2N4O2S/c1-4-27-18(11-29-20-13(2)6-5-7-14(20)3)25-26-21(27)30-12-19(28)24-15-8-9-16(22)17(23)10-15/h5-10H,4,11-12H2,1-3H3,(H,24,28). The minimum absolute atomic E-state index is 0.169. The van der Waals surface area contributed by atoms with Gasteiger partial charge in [0.2, 0.25) is 5.91 Å². The van der Waals surface area contributed by atoms with E-state index in [1.807, 2.05) is 43.5 Å². The number of carbonyl (C=O) groups is 1. The quantitative estimate of drug-likeness (QED) is 0.443. The fourth-order valence-electron chi connectivity index (χ4n) is 2.91. The van der Waals surface area contributed by atoms with Crippen LogP contribution in [0.2, 0.25) is 10.0 Å². The molecule has 1 amide bonds. The van der Waals surface area contributed by atoms with Crippen LogP contribution in [-0.4, -0.2) is 26.4 Å². The monoisotopic (exact) mass is 464 g/mol. The summed E-state index contributed by atoms with van der Waals surface area (Å²) in [6, 6.07) is 11.0. The van der Waals surface area contributed by atoms with Crippen molar-refractivity contribution in [1.82, 2.24) is 14.8 Å². The van der Waals surface area contributed by atoms with E-state index in [1.54, 1.807) is 18.2 Å². The molecule has 0 saturated heterocycles. The Morgan fingerprint density at radius 2 is 1.87 bits per heavy atom. The van der Waals surface area contributed by atoms with Crippen LogP contribution in [0.4, 0.5) is 5.69 Å². The van der Waals surface area contributed by atoms with Crippen LogP contribution in [-0.2, 0) is 17.9 Å². The van der Waals surface area contributed by atoms with Crippen molar-refractivity contribution in [3.8, 4) is 5.75 Å². The smallest absolute Gasteiger partial charge is 0.234 e. The fraction of sp³-hybridized carbons (Fsp3) is 0.286. The molecule has 0 radical (unpaired) electrons. The summed E-state index contributed by atoms with van der Waals surface area (Å²) < 4.78 is 7.95. The third-order valence-corrected chi connectivity index (χ3v) is 6.11. The minimum atomic E-state index is -0.169. The zero-order valence-electron chi connectivity index (χ0n) is 16.9. The van der Waals surface area contributed by atoms with Gasteiger partial charge in [-0.15, -0.1) is 10.2 Å². The predicted octanol–water partition coefficient (Wildman–Crippen LogP) is 5.53. The SMILES string of the molecule is CCn1c(COc2c(C)cccc2C)nnc1SCC(=O)Nc1ccc(Cl)c(Cl)c1. The lowest BCUT2D eigenvalue weighted by molar-refractivity contribution is -0.113. The summed E-state index contributed by atoms with van der Waals surface area (Å²) >= 11 is 13.2. The Kier molecular flexibility index (Phi) is 7.64. The van der Waals surface area contributed by atoms with Crippen molar-refractivity contribution < 1.29 is 9.53 Å². The van der Waals surface area contributed by atoms with Gasteiger partial charge < -0.3 is 14.6 Å². The minimum Gasteiger partial charge on any atom is -0.485 e. The second kappa shape index (κ2) is 10.2. The normalized spacial score (nSPS) is 10.8. The number of benzene rings is 2. The lowest BCUT2D eigenvalue weighted by atomic mass is 10.1. The summed E-state index contributed by atoms with van der Waals surface area (Å²) in [7, 11) is 0. The Morgan fingerprint density at radius 3 is 2.53 bits per heavy atom. The highest BCUT2D eigenvalue weighted by molar-refractivity contribution is 7.99. The fourth-order valence-corrected chi connectivity index (χ4v) is 4.03. The number of hydrogen-bond donors (Lipinski definition) is 1. The van der Waals surface area contributed by atoms with Gasteiger partial charge >= 0.3 is 0 Å². The van der Waals surface area contributed by atoms with Crippen LogP contribution < -0.4 is 10.1 Å². The van der Waals surface area contributed by atoms with E-state index in [0.29, 0.717) is 39.9 Å². The van der Waals surface area contributed by atoms with Gasteiger partial charge in [0, 0.05) is 12.2 Å². The molecule has 0 aliphatic heterocycles. The molecule has 0 saturated carbocycles. The number of ether oxygens (including phenoxy) is 1. The van der Waals surface area contributed by atoms with E-state index in [0.717, 1.165) is 16.9 Å². The number of nitrogens with zero attached hydrogens (tertiary/aromatic N) is 3. The van der Waals surface area contributed by atoms with Gasteiger partial charge in [-0.2, -0.15) is 0 Å². The lowest BCUT2D eigenvalue weighted by Gasteiger charge is -2.12. The number of amides is 1. The van der Waals surface area contributed by atoms with Crippen LogP contribution in [0.15, 0.2) is 41.6 Å². The van der Waals surface area contributed by atoms with Crippen molar-refractivity contribution >= 4 is 46.6 Å². The van der Waals surface area contributed by atoms with Crippen LogP contribution in [0.1, 0.15) is 23.9 Å². The van der Waals surface area contributed by atoms with Crippen molar-refractivity contribution in [2.24, 2.45) is 0 Å². The highest BCUT2D eigenvalue weighted by atomic mass is 35.5. The molecule has 1 N–H and O–H groups in total. The summed E-state index contributed by atoms with van der Waals surface area (Å²) in [6.07, 6.45) is 0. The maximum Gasteiger partial charge on any atom is 0.234 e. The molecular weight excluding hydrogens is 443 g/mol. The molecule has 3 aromatic rings.